The van der Waals surface area contributed by atoms with E-state index >= 15 is 0 Å². The van der Waals surface area contributed by atoms with Crippen molar-refractivity contribution in [3.63, 3.8) is 0 Å². The number of benzene rings is 1. The van der Waals surface area contributed by atoms with E-state index < -0.39 is 24.1 Å². The molecule has 27 heavy (non-hydrogen) atoms. The average Bonchev–Trinajstić information content (AvgIpc) is 2.63. The minimum absolute atomic E-state index is 0.109. The van der Waals surface area contributed by atoms with Gasteiger partial charge < -0.3 is 24.7 Å². The molecule has 0 radical (unpaired) electrons. The molecule has 2 heterocycles. The van der Waals surface area contributed by atoms with Crippen LogP contribution in [0.4, 0.5) is 15.8 Å². The van der Waals surface area contributed by atoms with Gasteiger partial charge in [-0.05, 0) is 24.3 Å². The number of aliphatic hydroxyl groups excluding tert-OH is 2. The molecule has 9 heteroatoms. The first-order chi connectivity index (χ1) is 12.8. The Hall–Kier alpha value is -2.49. The van der Waals surface area contributed by atoms with Crippen molar-refractivity contribution in [1.82, 2.24) is 9.13 Å². The third kappa shape index (κ3) is 3.80. The lowest BCUT2D eigenvalue weighted by Gasteiger charge is -2.15. The van der Waals surface area contributed by atoms with Crippen molar-refractivity contribution in [3.05, 3.63) is 67.5 Å². The monoisotopic (exact) mass is 437 g/mol. The van der Waals surface area contributed by atoms with E-state index in [0.717, 1.165) is 0 Å². The van der Waals surface area contributed by atoms with Crippen LogP contribution in [0, 0.1) is 5.82 Å². The number of hydrogen-bond acceptors (Lipinski definition) is 5. The number of anilines is 2. The van der Waals surface area contributed by atoms with Crippen molar-refractivity contribution >= 4 is 38.2 Å². The van der Waals surface area contributed by atoms with Crippen LogP contribution in [-0.2, 0) is 13.6 Å². The summed E-state index contributed by atoms with van der Waals surface area (Å²) in [6.07, 6.45) is 0.334. The van der Waals surface area contributed by atoms with Crippen LogP contribution >= 0.6 is 15.9 Å². The zero-order valence-corrected chi connectivity index (χ0v) is 15.9. The minimum Gasteiger partial charge on any atom is -0.394 e. The second-order valence-corrected chi connectivity index (χ2v) is 6.99. The summed E-state index contributed by atoms with van der Waals surface area (Å²) in [7, 11) is 1.53. The number of pyridine rings is 2. The van der Waals surface area contributed by atoms with Gasteiger partial charge in [0.15, 0.2) is 0 Å². The van der Waals surface area contributed by atoms with Gasteiger partial charge in [0.1, 0.15) is 5.82 Å². The largest absolute Gasteiger partial charge is 0.394 e. The lowest BCUT2D eigenvalue weighted by atomic mass is 10.2. The fourth-order valence-electron chi connectivity index (χ4n) is 2.77. The first-order valence-corrected chi connectivity index (χ1v) is 8.85. The van der Waals surface area contributed by atoms with E-state index in [4.69, 9.17) is 5.11 Å². The lowest BCUT2D eigenvalue weighted by molar-refractivity contribution is 0.0805. The highest BCUT2D eigenvalue weighted by Gasteiger charge is 2.15. The van der Waals surface area contributed by atoms with Crippen LogP contribution in [0.1, 0.15) is 0 Å². The molecule has 0 spiro atoms. The molecule has 1 unspecified atom stereocenters. The maximum Gasteiger partial charge on any atom is 0.262 e. The van der Waals surface area contributed by atoms with Crippen molar-refractivity contribution < 1.29 is 14.6 Å². The van der Waals surface area contributed by atoms with E-state index in [1.165, 1.54) is 40.6 Å². The first-order valence-electron chi connectivity index (χ1n) is 8.06. The van der Waals surface area contributed by atoms with Crippen molar-refractivity contribution in [3.8, 4) is 0 Å². The summed E-state index contributed by atoms with van der Waals surface area (Å²) in [5, 5.41) is 21.6. The van der Waals surface area contributed by atoms with Crippen LogP contribution in [0.5, 0.6) is 0 Å². The number of fused-ring (bicyclic) bond motifs is 1. The Morgan fingerprint density at radius 2 is 1.96 bits per heavy atom. The number of aryl methyl sites for hydroxylation is 1. The minimum atomic E-state index is -1.10. The molecule has 0 amide bonds. The standard InChI is InChI=1S/C18H17BrFN3O4/c1-22-15-4-5-23(8-11(25)9-24)18(27)17(15)14(7-16(22)26)21-13-3-2-10(19)6-12(13)20/h2-7,11,21,24-25H,8-9H2,1H3. The Labute approximate surface area is 161 Å². The highest BCUT2D eigenvalue weighted by molar-refractivity contribution is 9.10. The van der Waals surface area contributed by atoms with Crippen LogP contribution in [-0.4, -0.2) is 32.1 Å². The Balaban J connectivity index is 2.21. The van der Waals surface area contributed by atoms with E-state index in [9.17, 15) is 19.1 Å². The molecule has 3 aromatic rings. The Bertz CT molecular complexity index is 1130. The van der Waals surface area contributed by atoms with Gasteiger partial charge in [0.05, 0.1) is 41.5 Å². The maximum atomic E-state index is 14.2. The number of halogens is 2. The SMILES string of the molecule is Cn1c(=O)cc(Nc2ccc(Br)cc2F)c2c(=O)n(CC(O)CO)ccc21. The summed E-state index contributed by atoms with van der Waals surface area (Å²) in [6.45, 7) is -0.604. The predicted octanol–water partition coefficient (Wildman–Crippen LogP) is 1.70. The van der Waals surface area contributed by atoms with Crippen molar-refractivity contribution in [2.45, 2.75) is 12.6 Å². The molecule has 0 aliphatic heterocycles. The Kier molecular flexibility index (Phi) is 5.45. The third-order valence-electron chi connectivity index (χ3n) is 4.19. The zero-order chi connectivity index (χ0) is 19.7. The molecule has 0 aliphatic rings. The average molecular weight is 438 g/mol. The van der Waals surface area contributed by atoms with Gasteiger partial charge >= 0.3 is 0 Å². The number of nitrogens with zero attached hydrogens (tertiary/aromatic N) is 2. The Morgan fingerprint density at radius 3 is 2.63 bits per heavy atom. The summed E-state index contributed by atoms with van der Waals surface area (Å²) < 4.78 is 17.3. The highest BCUT2D eigenvalue weighted by atomic mass is 79.9. The van der Waals surface area contributed by atoms with Gasteiger partial charge in [0, 0.05) is 23.8 Å². The quantitative estimate of drug-likeness (QED) is 0.564. The topological polar surface area (TPSA) is 96.5 Å². The molecule has 3 rings (SSSR count). The summed E-state index contributed by atoms with van der Waals surface area (Å²) in [4.78, 5) is 25.2. The van der Waals surface area contributed by atoms with Gasteiger partial charge in [-0.25, -0.2) is 4.39 Å². The Morgan fingerprint density at radius 1 is 1.22 bits per heavy atom. The molecule has 0 bridgehead atoms. The maximum absolute atomic E-state index is 14.2. The van der Waals surface area contributed by atoms with Gasteiger partial charge in [-0.3, -0.25) is 9.59 Å². The van der Waals surface area contributed by atoms with Gasteiger partial charge in [0.2, 0.25) is 0 Å². The van der Waals surface area contributed by atoms with E-state index in [2.05, 4.69) is 21.2 Å². The van der Waals surface area contributed by atoms with Crippen LogP contribution in [0.25, 0.3) is 10.9 Å². The molecule has 142 valence electrons. The fraction of sp³-hybridized carbons (Fsp3) is 0.222. The second-order valence-electron chi connectivity index (χ2n) is 6.07. The van der Waals surface area contributed by atoms with E-state index in [1.54, 1.807) is 12.1 Å². The number of hydrogen-bond donors (Lipinski definition) is 3. The molecule has 1 aromatic carbocycles. The van der Waals surface area contributed by atoms with Crippen molar-refractivity contribution in [2.24, 2.45) is 7.05 Å². The molecule has 2 aromatic heterocycles. The molecule has 3 N–H and O–H groups in total. The van der Waals surface area contributed by atoms with Crippen LogP contribution in [0.3, 0.4) is 0 Å². The number of aromatic nitrogens is 2. The third-order valence-corrected chi connectivity index (χ3v) is 4.68. The zero-order valence-electron chi connectivity index (χ0n) is 14.3. The van der Waals surface area contributed by atoms with Crippen molar-refractivity contribution in [2.75, 3.05) is 11.9 Å². The number of nitrogens with one attached hydrogen (secondary N) is 1. The molecule has 1 atom stereocenters. The normalized spacial score (nSPS) is 12.3. The van der Waals surface area contributed by atoms with Crippen LogP contribution in [0.2, 0.25) is 0 Å². The fourth-order valence-corrected chi connectivity index (χ4v) is 3.10. The number of rotatable bonds is 5. The molecular formula is C18H17BrFN3O4. The number of aliphatic hydroxyl groups is 2. The lowest BCUT2D eigenvalue weighted by Crippen LogP contribution is -2.30. The summed E-state index contributed by atoms with van der Waals surface area (Å²) in [6, 6.07) is 7.16. The smallest absolute Gasteiger partial charge is 0.262 e. The molecule has 0 aliphatic carbocycles. The second kappa shape index (κ2) is 7.63. The van der Waals surface area contributed by atoms with Crippen LogP contribution in [0.15, 0.2) is 50.6 Å². The van der Waals surface area contributed by atoms with E-state index in [-0.39, 0.29) is 28.9 Å². The first kappa shape index (κ1) is 19.3. The summed E-state index contributed by atoms with van der Waals surface area (Å²) >= 11 is 3.17. The van der Waals surface area contributed by atoms with E-state index in [1.807, 2.05) is 0 Å². The molecule has 0 saturated carbocycles. The molecule has 7 nitrogen and oxygen atoms in total. The summed E-state index contributed by atoms with van der Waals surface area (Å²) in [5.74, 6) is -0.551. The molecule has 0 fully saturated rings. The van der Waals surface area contributed by atoms with Gasteiger partial charge in [-0.15, -0.1) is 0 Å². The van der Waals surface area contributed by atoms with Gasteiger partial charge in [0.25, 0.3) is 11.1 Å². The van der Waals surface area contributed by atoms with Crippen LogP contribution < -0.4 is 16.4 Å². The predicted molar refractivity (Wildman–Crippen MR) is 104 cm³/mol. The van der Waals surface area contributed by atoms with Gasteiger partial charge in [-0.2, -0.15) is 0 Å². The van der Waals surface area contributed by atoms with Gasteiger partial charge in [-0.1, -0.05) is 15.9 Å². The molecular weight excluding hydrogens is 421 g/mol. The molecule has 0 saturated heterocycles. The summed E-state index contributed by atoms with van der Waals surface area (Å²) in [5.41, 5.74) is -0.210. The van der Waals surface area contributed by atoms with Crippen molar-refractivity contribution in [1.29, 1.82) is 0 Å². The highest BCUT2D eigenvalue weighted by Crippen LogP contribution is 2.26. The van der Waals surface area contributed by atoms with E-state index in [0.29, 0.717) is 9.99 Å².